The monoisotopic (exact) mass is 359 g/mol. The topological polar surface area (TPSA) is 82.4 Å². The van der Waals surface area contributed by atoms with Crippen molar-refractivity contribution < 1.29 is 19.1 Å². The van der Waals surface area contributed by atoms with Gasteiger partial charge in [-0.3, -0.25) is 9.48 Å². The molecule has 1 N–H and O–H groups in total. The van der Waals surface area contributed by atoms with Crippen LogP contribution in [0.5, 0.6) is 5.75 Å². The largest absolute Gasteiger partial charge is 0.479 e. The molecule has 7 nitrogen and oxygen atoms in total. The maximum atomic E-state index is 12.4. The molecule has 0 fully saturated rings. The van der Waals surface area contributed by atoms with Crippen LogP contribution in [0.3, 0.4) is 0 Å². The van der Waals surface area contributed by atoms with Crippen molar-refractivity contribution in [3.8, 4) is 5.75 Å². The van der Waals surface area contributed by atoms with Gasteiger partial charge in [-0.2, -0.15) is 5.10 Å². The molecule has 0 spiro atoms. The number of para-hydroxylation sites is 1. The smallest absolute Gasteiger partial charge is 0.348 e. The number of carbonyl (C=O) groups is 2. The van der Waals surface area contributed by atoms with Crippen LogP contribution in [-0.4, -0.2) is 33.9 Å². The number of carbonyl (C=O) groups excluding carboxylic acids is 2. The average molecular weight is 359 g/mol. The molecular formula is C19H25N3O4. The number of nitrogens with one attached hydrogen (secondary N) is 1. The summed E-state index contributed by atoms with van der Waals surface area (Å²) >= 11 is 0. The molecular weight excluding hydrogens is 334 g/mol. The molecule has 1 aromatic carbocycles. The van der Waals surface area contributed by atoms with Crippen molar-refractivity contribution >= 4 is 17.6 Å². The highest BCUT2D eigenvalue weighted by Gasteiger charge is 2.26. The predicted octanol–water partition coefficient (Wildman–Crippen LogP) is 2.76. The van der Waals surface area contributed by atoms with E-state index in [2.05, 4.69) is 10.4 Å². The van der Waals surface area contributed by atoms with Crippen molar-refractivity contribution in [3.05, 3.63) is 41.7 Å². The molecule has 0 unspecified atom stereocenters. The van der Waals surface area contributed by atoms with Crippen LogP contribution in [0.2, 0.25) is 0 Å². The van der Waals surface area contributed by atoms with Crippen LogP contribution in [0.15, 0.2) is 30.3 Å². The minimum atomic E-state index is -0.949. The Kier molecular flexibility index (Phi) is 6.38. The first-order chi connectivity index (χ1) is 12.3. The summed E-state index contributed by atoms with van der Waals surface area (Å²) in [5.74, 6) is -0.402. The third-order valence-electron chi connectivity index (χ3n) is 4.07. The number of aryl methyl sites for hydroxylation is 2. The molecule has 1 aromatic heterocycles. The van der Waals surface area contributed by atoms with Crippen LogP contribution in [0, 0.1) is 13.8 Å². The van der Waals surface area contributed by atoms with Gasteiger partial charge in [0.05, 0.1) is 17.1 Å². The molecule has 0 aliphatic rings. The SMILES string of the molecule is CC[C@H](Oc1ccccc1)C(=O)O[C@@H](C)C(=O)Nc1c(C)nn(C)c1C. The summed E-state index contributed by atoms with van der Waals surface area (Å²) in [4.78, 5) is 24.7. The fourth-order valence-corrected chi connectivity index (χ4v) is 2.44. The van der Waals surface area contributed by atoms with E-state index in [1.165, 1.54) is 6.92 Å². The van der Waals surface area contributed by atoms with Gasteiger partial charge in [-0.1, -0.05) is 25.1 Å². The third kappa shape index (κ3) is 4.62. The van der Waals surface area contributed by atoms with E-state index in [4.69, 9.17) is 9.47 Å². The van der Waals surface area contributed by atoms with Gasteiger partial charge >= 0.3 is 5.97 Å². The summed E-state index contributed by atoms with van der Waals surface area (Å²) in [7, 11) is 1.80. The number of hydrogen-bond donors (Lipinski definition) is 1. The van der Waals surface area contributed by atoms with Crippen molar-refractivity contribution in [2.45, 2.75) is 46.3 Å². The Hall–Kier alpha value is -2.83. The lowest BCUT2D eigenvalue weighted by molar-refractivity contribution is -0.160. The molecule has 1 amide bonds. The lowest BCUT2D eigenvalue weighted by atomic mass is 10.2. The zero-order valence-corrected chi connectivity index (χ0v) is 15.8. The standard InChI is InChI=1S/C19H25N3O4/c1-6-16(26-15-10-8-7-9-11-15)19(24)25-14(4)18(23)20-17-12(2)21-22(5)13(17)3/h7-11,14,16H,6H2,1-5H3,(H,20,23)/t14-,16-/m0/s1. The molecule has 140 valence electrons. The summed E-state index contributed by atoms with van der Waals surface area (Å²) in [5.41, 5.74) is 2.16. The van der Waals surface area contributed by atoms with E-state index in [9.17, 15) is 9.59 Å². The summed E-state index contributed by atoms with van der Waals surface area (Å²) in [5, 5.41) is 7.02. The summed E-state index contributed by atoms with van der Waals surface area (Å²) < 4.78 is 12.6. The minimum Gasteiger partial charge on any atom is -0.479 e. The predicted molar refractivity (Wildman–Crippen MR) is 98.0 cm³/mol. The van der Waals surface area contributed by atoms with Crippen LogP contribution in [0.25, 0.3) is 0 Å². The second-order valence-corrected chi connectivity index (χ2v) is 6.07. The molecule has 0 radical (unpaired) electrons. The Balaban J connectivity index is 1.97. The number of ether oxygens (including phenoxy) is 2. The van der Waals surface area contributed by atoms with E-state index >= 15 is 0 Å². The Labute approximate surface area is 153 Å². The van der Waals surface area contributed by atoms with Gasteiger partial charge in [-0.15, -0.1) is 0 Å². The van der Waals surface area contributed by atoms with Crippen molar-refractivity contribution in [3.63, 3.8) is 0 Å². The molecule has 7 heteroatoms. The molecule has 0 bridgehead atoms. The highest BCUT2D eigenvalue weighted by molar-refractivity contribution is 5.96. The zero-order chi connectivity index (χ0) is 19.3. The first kappa shape index (κ1) is 19.5. The van der Waals surface area contributed by atoms with Crippen LogP contribution in [-0.2, 0) is 21.4 Å². The molecule has 2 rings (SSSR count). The number of esters is 1. The molecule has 2 atom stereocenters. The lowest BCUT2D eigenvalue weighted by Crippen LogP contribution is -2.36. The Morgan fingerprint density at radius 1 is 1.23 bits per heavy atom. The number of hydrogen-bond acceptors (Lipinski definition) is 5. The number of aromatic nitrogens is 2. The maximum Gasteiger partial charge on any atom is 0.348 e. The second-order valence-electron chi connectivity index (χ2n) is 6.07. The number of rotatable bonds is 7. The van der Waals surface area contributed by atoms with Crippen molar-refractivity contribution in [1.82, 2.24) is 9.78 Å². The van der Waals surface area contributed by atoms with E-state index in [1.54, 1.807) is 30.8 Å². The maximum absolute atomic E-state index is 12.4. The molecule has 26 heavy (non-hydrogen) atoms. The van der Waals surface area contributed by atoms with Crippen LogP contribution in [0.1, 0.15) is 31.7 Å². The Morgan fingerprint density at radius 3 is 2.42 bits per heavy atom. The fourth-order valence-electron chi connectivity index (χ4n) is 2.44. The minimum absolute atomic E-state index is 0.410. The Bertz CT molecular complexity index is 771. The third-order valence-corrected chi connectivity index (χ3v) is 4.07. The van der Waals surface area contributed by atoms with E-state index in [1.807, 2.05) is 32.0 Å². The summed E-state index contributed by atoms with van der Waals surface area (Å²) in [6.07, 6.45) is -1.28. The van der Waals surface area contributed by atoms with E-state index in [0.29, 0.717) is 23.6 Å². The van der Waals surface area contributed by atoms with Crippen molar-refractivity contribution in [2.75, 3.05) is 5.32 Å². The average Bonchev–Trinajstić information content (AvgIpc) is 2.86. The van der Waals surface area contributed by atoms with E-state index in [0.717, 1.165) is 5.69 Å². The fraction of sp³-hybridized carbons (Fsp3) is 0.421. The van der Waals surface area contributed by atoms with Gasteiger partial charge in [0, 0.05) is 7.05 Å². The van der Waals surface area contributed by atoms with Gasteiger partial charge in [0.1, 0.15) is 5.75 Å². The summed E-state index contributed by atoms with van der Waals surface area (Å²) in [6, 6.07) is 9.03. The highest BCUT2D eigenvalue weighted by atomic mass is 16.6. The van der Waals surface area contributed by atoms with Gasteiger partial charge in [-0.05, 0) is 39.3 Å². The van der Waals surface area contributed by atoms with Gasteiger partial charge in [0.15, 0.2) is 12.2 Å². The number of anilines is 1. The van der Waals surface area contributed by atoms with Gasteiger partial charge < -0.3 is 14.8 Å². The molecule has 0 saturated carbocycles. The van der Waals surface area contributed by atoms with Crippen LogP contribution in [0.4, 0.5) is 5.69 Å². The van der Waals surface area contributed by atoms with Gasteiger partial charge in [0.25, 0.3) is 5.91 Å². The lowest BCUT2D eigenvalue weighted by Gasteiger charge is -2.19. The van der Waals surface area contributed by atoms with Crippen molar-refractivity contribution in [2.24, 2.45) is 7.05 Å². The molecule has 2 aromatic rings. The van der Waals surface area contributed by atoms with Gasteiger partial charge in [-0.25, -0.2) is 4.79 Å². The normalized spacial score (nSPS) is 13.0. The highest BCUT2D eigenvalue weighted by Crippen LogP contribution is 2.19. The van der Waals surface area contributed by atoms with E-state index < -0.39 is 24.1 Å². The van der Waals surface area contributed by atoms with Gasteiger partial charge in [0.2, 0.25) is 0 Å². The zero-order valence-electron chi connectivity index (χ0n) is 15.8. The van der Waals surface area contributed by atoms with E-state index in [-0.39, 0.29) is 0 Å². The molecule has 0 aliphatic heterocycles. The molecule has 1 heterocycles. The Morgan fingerprint density at radius 2 is 1.88 bits per heavy atom. The number of amides is 1. The number of benzene rings is 1. The van der Waals surface area contributed by atoms with Crippen LogP contribution >= 0.6 is 0 Å². The molecule has 0 aliphatic carbocycles. The van der Waals surface area contributed by atoms with Crippen molar-refractivity contribution in [1.29, 1.82) is 0 Å². The summed E-state index contributed by atoms with van der Waals surface area (Å²) in [6.45, 7) is 7.01. The first-order valence-electron chi connectivity index (χ1n) is 8.56. The van der Waals surface area contributed by atoms with Crippen LogP contribution < -0.4 is 10.1 Å². The first-order valence-corrected chi connectivity index (χ1v) is 8.56. The number of nitrogens with zero attached hydrogens (tertiary/aromatic N) is 2. The molecule has 0 saturated heterocycles. The second kappa shape index (κ2) is 8.51. The quantitative estimate of drug-likeness (QED) is 0.769.